The van der Waals surface area contributed by atoms with E-state index in [-0.39, 0.29) is 0 Å². The van der Waals surface area contributed by atoms with E-state index >= 15 is 0 Å². The lowest BCUT2D eigenvalue weighted by atomic mass is 10.1. The molecule has 2 rings (SSSR count). The molecule has 0 aromatic heterocycles. The van der Waals surface area contributed by atoms with E-state index in [1.807, 2.05) is 0 Å². The molecule has 0 spiro atoms. The number of rotatable bonds is 4. The van der Waals surface area contributed by atoms with Crippen LogP contribution in [0.2, 0.25) is 0 Å². The molecule has 0 atom stereocenters. The zero-order valence-electron chi connectivity index (χ0n) is 8.52. The summed E-state index contributed by atoms with van der Waals surface area (Å²) in [4.78, 5) is 11.7. The maximum absolute atomic E-state index is 11.7. The van der Waals surface area contributed by atoms with Crippen LogP contribution in [0.4, 0.5) is 0 Å². The molecular weight excluding hydrogens is 242 g/mol. The highest BCUT2D eigenvalue weighted by Gasteiger charge is 2.41. The molecule has 0 saturated heterocycles. The van der Waals surface area contributed by atoms with Crippen molar-refractivity contribution in [1.82, 2.24) is 5.32 Å². The predicted octanol–water partition coefficient (Wildman–Crippen LogP) is 2.47. The van der Waals surface area contributed by atoms with Gasteiger partial charge in [-0.15, -0.1) is 0 Å². The van der Waals surface area contributed by atoms with E-state index in [1.165, 1.54) is 25.7 Å². The molecular formula is C11H18BrNO. The van der Waals surface area contributed by atoms with Crippen LogP contribution in [0.1, 0.15) is 38.5 Å². The number of halogens is 1. The Morgan fingerprint density at radius 3 is 2.50 bits per heavy atom. The lowest BCUT2D eigenvalue weighted by Gasteiger charge is -2.15. The van der Waals surface area contributed by atoms with Crippen molar-refractivity contribution in [3.8, 4) is 0 Å². The molecule has 0 aromatic rings. The van der Waals surface area contributed by atoms with Gasteiger partial charge in [-0.05, 0) is 31.1 Å². The van der Waals surface area contributed by atoms with Crippen LogP contribution in [-0.2, 0) is 4.79 Å². The topological polar surface area (TPSA) is 29.1 Å². The Morgan fingerprint density at radius 1 is 1.36 bits per heavy atom. The third-order valence-corrected chi connectivity index (χ3v) is 4.79. The van der Waals surface area contributed by atoms with E-state index in [1.54, 1.807) is 0 Å². The zero-order chi connectivity index (χ0) is 10.0. The van der Waals surface area contributed by atoms with Crippen LogP contribution < -0.4 is 5.32 Å². The third kappa shape index (κ3) is 2.30. The molecule has 0 aromatic carbocycles. The number of carbonyl (C=O) groups is 1. The first-order chi connectivity index (χ1) is 6.76. The number of carbonyl (C=O) groups excluding carboxylic acids is 1. The Bertz CT molecular complexity index is 219. The summed E-state index contributed by atoms with van der Waals surface area (Å²) in [6.07, 6.45) is 7.22. The summed E-state index contributed by atoms with van der Waals surface area (Å²) in [5.41, 5.74) is 0.411. The summed E-state index contributed by atoms with van der Waals surface area (Å²) in [7, 11) is 0. The van der Waals surface area contributed by atoms with Gasteiger partial charge in [0, 0.05) is 17.8 Å². The lowest BCUT2D eigenvalue weighted by molar-refractivity contribution is -0.125. The van der Waals surface area contributed by atoms with Gasteiger partial charge in [0.2, 0.25) is 5.91 Å². The number of amides is 1. The van der Waals surface area contributed by atoms with Gasteiger partial charge in [-0.2, -0.15) is 0 Å². The van der Waals surface area contributed by atoms with Crippen LogP contribution >= 0.6 is 15.9 Å². The molecule has 2 aliphatic rings. The van der Waals surface area contributed by atoms with Gasteiger partial charge >= 0.3 is 0 Å². The molecule has 0 unspecified atom stereocenters. The molecule has 2 aliphatic carbocycles. The molecule has 1 amide bonds. The molecule has 2 fully saturated rings. The second-order valence-corrected chi connectivity index (χ2v) is 5.39. The van der Waals surface area contributed by atoms with Crippen LogP contribution in [0.3, 0.4) is 0 Å². The number of hydrogen-bond acceptors (Lipinski definition) is 1. The average molecular weight is 260 g/mol. The summed E-state index contributed by atoms with van der Waals surface area (Å²) in [6.45, 7) is 0.883. The van der Waals surface area contributed by atoms with E-state index in [9.17, 15) is 4.79 Å². The fourth-order valence-corrected chi connectivity index (χ4v) is 2.90. The van der Waals surface area contributed by atoms with Gasteiger partial charge in [0.1, 0.15) is 0 Å². The summed E-state index contributed by atoms with van der Waals surface area (Å²) in [6, 6.07) is 0. The Morgan fingerprint density at radius 2 is 2.00 bits per heavy atom. The van der Waals surface area contributed by atoms with Crippen molar-refractivity contribution in [3.63, 3.8) is 0 Å². The van der Waals surface area contributed by atoms with Gasteiger partial charge in [-0.25, -0.2) is 0 Å². The summed E-state index contributed by atoms with van der Waals surface area (Å²) in [5, 5.41) is 4.14. The summed E-state index contributed by atoms with van der Waals surface area (Å²) >= 11 is 3.52. The SMILES string of the molecule is O=C(NCC1(CBr)CC1)C1CCCC1. The van der Waals surface area contributed by atoms with Crippen LogP contribution in [0, 0.1) is 11.3 Å². The normalized spacial score (nSPS) is 24.9. The van der Waals surface area contributed by atoms with Crippen LogP contribution in [0.15, 0.2) is 0 Å². The van der Waals surface area contributed by atoms with E-state index < -0.39 is 0 Å². The minimum atomic E-state index is 0.301. The highest BCUT2D eigenvalue weighted by molar-refractivity contribution is 9.09. The Balaban J connectivity index is 1.72. The first-order valence-corrected chi connectivity index (χ1v) is 6.72. The number of hydrogen-bond donors (Lipinski definition) is 1. The molecule has 14 heavy (non-hydrogen) atoms. The molecule has 0 heterocycles. The van der Waals surface area contributed by atoms with Crippen molar-refractivity contribution >= 4 is 21.8 Å². The van der Waals surface area contributed by atoms with Crippen molar-refractivity contribution in [2.75, 3.05) is 11.9 Å². The van der Waals surface area contributed by atoms with E-state index in [0.29, 0.717) is 17.2 Å². The zero-order valence-corrected chi connectivity index (χ0v) is 10.1. The van der Waals surface area contributed by atoms with Crippen LogP contribution in [0.5, 0.6) is 0 Å². The van der Waals surface area contributed by atoms with E-state index in [4.69, 9.17) is 0 Å². The fourth-order valence-electron chi connectivity index (χ4n) is 2.14. The highest BCUT2D eigenvalue weighted by Crippen LogP contribution is 2.46. The van der Waals surface area contributed by atoms with Gasteiger partial charge in [0.05, 0.1) is 0 Å². The smallest absolute Gasteiger partial charge is 0.223 e. The quantitative estimate of drug-likeness (QED) is 0.773. The number of nitrogens with one attached hydrogen (secondary N) is 1. The van der Waals surface area contributed by atoms with Crippen LogP contribution in [0.25, 0.3) is 0 Å². The van der Waals surface area contributed by atoms with Crippen molar-refractivity contribution in [1.29, 1.82) is 0 Å². The third-order valence-electron chi connectivity index (χ3n) is 3.60. The lowest BCUT2D eigenvalue weighted by Crippen LogP contribution is -2.34. The molecule has 3 heteroatoms. The molecule has 2 nitrogen and oxygen atoms in total. The average Bonchev–Trinajstić information content (AvgIpc) is 2.78. The van der Waals surface area contributed by atoms with Gasteiger partial charge in [0.15, 0.2) is 0 Å². The minimum Gasteiger partial charge on any atom is -0.355 e. The first-order valence-electron chi connectivity index (χ1n) is 5.59. The van der Waals surface area contributed by atoms with Gasteiger partial charge in [-0.3, -0.25) is 4.79 Å². The van der Waals surface area contributed by atoms with Crippen molar-refractivity contribution in [3.05, 3.63) is 0 Å². The van der Waals surface area contributed by atoms with Gasteiger partial charge in [-0.1, -0.05) is 28.8 Å². The summed E-state index contributed by atoms with van der Waals surface area (Å²) in [5.74, 6) is 0.621. The van der Waals surface area contributed by atoms with Gasteiger partial charge in [0.25, 0.3) is 0 Å². The maximum Gasteiger partial charge on any atom is 0.223 e. The predicted molar refractivity (Wildman–Crippen MR) is 60.4 cm³/mol. The Hall–Kier alpha value is -0.0500. The molecule has 80 valence electrons. The van der Waals surface area contributed by atoms with Gasteiger partial charge < -0.3 is 5.32 Å². The second kappa shape index (κ2) is 4.21. The molecule has 0 bridgehead atoms. The fraction of sp³-hybridized carbons (Fsp3) is 0.909. The molecule has 0 aliphatic heterocycles. The summed E-state index contributed by atoms with van der Waals surface area (Å²) < 4.78 is 0. The highest BCUT2D eigenvalue weighted by atomic mass is 79.9. The van der Waals surface area contributed by atoms with Crippen molar-refractivity contribution in [2.45, 2.75) is 38.5 Å². The molecule has 2 saturated carbocycles. The standard InChI is InChI=1S/C11H18BrNO/c12-7-11(5-6-11)8-13-10(14)9-3-1-2-4-9/h9H,1-8H2,(H,13,14). The first kappa shape index (κ1) is 10.5. The van der Waals surface area contributed by atoms with E-state index in [0.717, 1.165) is 24.7 Å². The minimum absolute atomic E-state index is 0.301. The monoisotopic (exact) mass is 259 g/mol. The second-order valence-electron chi connectivity index (χ2n) is 4.83. The van der Waals surface area contributed by atoms with E-state index in [2.05, 4.69) is 21.2 Å². The van der Waals surface area contributed by atoms with Crippen molar-refractivity contribution in [2.24, 2.45) is 11.3 Å². The Kier molecular flexibility index (Phi) is 3.15. The maximum atomic E-state index is 11.7. The Labute approximate surface area is 94.0 Å². The van der Waals surface area contributed by atoms with Crippen LogP contribution in [-0.4, -0.2) is 17.8 Å². The molecule has 1 N–H and O–H groups in total. The number of alkyl halides is 1. The largest absolute Gasteiger partial charge is 0.355 e. The molecule has 0 radical (unpaired) electrons. The van der Waals surface area contributed by atoms with Crippen molar-refractivity contribution < 1.29 is 4.79 Å².